The molecule has 0 bridgehead atoms. The molecule has 36 heavy (non-hydrogen) atoms. The summed E-state index contributed by atoms with van der Waals surface area (Å²) in [4.78, 5) is 13.6. The van der Waals surface area contributed by atoms with Gasteiger partial charge in [-0.05, 0) is 55.5 Å². The number of rotatable bonds is 5. The topological polar surface area (TPSA) is 90.2 Å². The van der Waals surface area contributed by atoms with Crippen LogP contribution in [0.5, 0.6) is 0 Å². The number of aromatic nitrogens is 2. The lowest BCUT2D eigenvalue weighted by atomic mass is 10.2. The summed E-state index contributed by atoms with van der Waals surface area (Å²) in [5.41, 5.74) is 3.12. The van der Waals surface area contributed by atoms with Crippen LogP contribution in [-0.4, -0.2) is 44.6 Å². The molecule has 3 aromatic carbocycles. The molecule has 1 saturated heterocycles. The summed E-state index contributed by atoms with van der Waals surface area (Å²) < 4.78 is 40.5. The Kier molecular flexibility index (Phi) is 6.29. The molecule has 0 radical (unpaired) electrons. The molecule has 182 valence electrons. The fraction of sp³-hybridized carbons (Fsp3) is 0.222. The molecule has 4 aromatic rings. The number of aryl methyl sites for hydroxylation is 1. The van der Waals surface area contributed by atoms with Gasteiger partial charge in [-0.15, -0.1) is 0 Å². The minimum absolute atomic E-state index is 0.0710. The van der Waals surface area contributed by atoms with E-state index in [1.54, 1.807) is 36.4 Å². The molecule has 9 heteroatoms. The van der Waals surface area contributed by atoms with Gasteiger partial charge in [0.05, 0.1) is 22.0 Å². The molecule has 0 N–H and O–H groups in total. The molecule has 1 aromatic heterocycles. The van der Waals surface area contributed by atoms with Crippen LogP contribution in [0.4, 0.5) is 15.9 Å². The van der Waals surface area contributed by atoms with Gasteiger partial charge in [-0.2, -0.15) is 5.26 Å². The first-order valence-electron chi connectivity index (χ1n) is 11.6. The number of halogens is 1. The van der Waals surface area contributed by atoms with Crippen LogP contribution in [0.1, 0.15) is 16.5 Å². The molecular formula is C27H24FN5O2S. The maximum atomic E-state index is 13.6. The summed E-state index contributed by atoms with van der Waals surface area (Å²) in [6, 6.07) is 22.0. The van der Waals surface area contributed by atoms with Crippen molar-refractivity contribution in [3.8, 4) is 6.07 Å². The average Bonchev–Trinajstić information content (AvgIpc) is 2.89. The lowest BCUT2D eigenvalue weighted by Gasteiger charge is -2.37. The van der Waals surface area contributed by atoms with Gasteiger partial charge in [0.1, 0.15) is 11.5 Å². The van der Waals surface area contributed by atoms with Crippen molar-refractivity contribution in [2.45, 2.75) is 17.1 Å². The molecule has 1 fully saturated rings. The number of benzene rings is 3. The van der Waals surface area contributed by atoms with E-state index in [1.807, 2.05) is 30.0 Å². The number of piperazine rings is 1. The first kappa shape index (κ1) is 23.7. The molecule has 7 nitrogen and oxygen atoms in total. The highest BCUT2D eigenvalue weighted by molar-refractivity contribution is 7.92. The molecule has 5 rings (SSSR count). The largest absolute Gasteiger partial charge is 0.368 e. The van der Waals surface area contributed by atoms with Crippen LogP contribution in [0.25, 0.3) is 11.0 Å². The molecule has 0 aliphatic carbocycles. The minimum Gasteiger partial charge on any atom is -0.368 e. The van der Waals surface area contributed by atoms with Gasteiger partial charge >= 0.3 is 0 Å². The number of para-hydroxylation sites is 2. The number of hydrogen-bond donors (Lipinski definition) is 0. The summed E-state index contributed by atoms with van der Waals surface area (Å²) in [6.45, 7) is 4.21. The Morgan fingerprint density at radius 3 is 2.06 bits per heavy atom. The van der Waals surface area contributed by atoms with Crippen LogP contribution in [0.15, 0.2) is 77.7 Å². The zero-order chi connectivity index (χ0) is 25.3. The maximum Gasteiger partial charge on any atom is 0.200 e. The normalized spacial score (nSPS) is 15.0. The summed E-state index contributed by atoms with van der Waals surface area (Å²) in [5, 5.41) is 8.57. The maximum absolute atomic E-state index is 13.6. The van der Waals surface area contributed by atoms with Crippen molar-refractivity contribution < 1.29 is 12.8 Å². The Hall–Kier alpha value is -4.03. The Bertz CT molecular complexity index is 1540. The number of fused-ring (bicyclic) bond motifs is 1. The summed E-state index contributed by atoms with van der Waals surface area (Å²) in [7, 11) is -4.04. The number of hydrogen-bond acceptors (Lipinski definition) is 7. The standard InChI is InChI=1S/C27H24FN5O2S/c1-19-6-12-22(13-7-19)36(34,35)25(18-29)26-27(31-24-5-3-2-4-23(24)30-26)33-16-14-32(15-17-33)21-10-8-20(28)9-11-21/h2-13,25H,14-17H2,1H3/t25-/m1/s1. The van der Waals surface area contributed by atoms with Crippen molar-refractivity contribution in [3.63, 3.8) is 0 Å². The van der Waals surface area contributed by atoms with Gasteiger partial charge in [-0.3, -0.25) is 0 Å². The summed E-state index contributed by atoms with van der Waals surface area (Å²) in [5.74, 6) is 0.112. The molecule has 1 aliphatic heterocycles. The fourth-order valence-electron chi connectivity index (χ4n) is 4.38. The fourth-order valence-corrected chi connectivity index (χ4v) is 5.76. The highest BCUT2D eigenvalue weighted by Crippen LogP contribution is 2.34. The van der Waals surface area contributed by atoms with Gasteiger partial charge in [0.15, 0.2) is 11.1 Å². The lowest BCUT2D eigenvalue weighted by molar-refractivity contribution is 0.589. The molecule has 0 unspecified atom stereocenters. The third-order valence-electron chi connectivity index (χ3n) is 6.37. The molecule has 1 aliphatic rings. The van der Waals surface area contributed by atoms with E-state index in [0.717, 1.165) is 11.3 Å². The van der Waals surface area contributed by atoms with Crippen LogP contribution < -0.4 is 9.80 Å². The van der Waals surface area contributed by atoms with Gasteiger partial charge in [0.2, 0.25) is 9.84 Å². The first-order valence-corrected chi connectivity index (χ1v) is 13.1. The van der Waals surface area contributed by atoms with E-state index in [4.69, 9.17) is 4.98 Å². The van der Waals surface area contributed by atoms with E-state index >= 15 is 0 Å². The zero-order valence-electron chi connectivity index (χ0n) is 19.7. The summed E-state index contributed by atoms with van der Waals surface area (Å²) in [6.07, 6.45) is 0. The van der Waals surface area contributed by atoms with E-state index < -0.39 is 15.1 Å². The lowest BCUT2D eigenvalue weighted by Crippen LogP contribution is -2.47. The van der Waals surface area contributed by atoms with E-state index in [1.165, 1.54) is 24.3 Å². The van der Waals surface area contributed by atoms with Crippen LogP contribution in [0.3, 0.4) is 0 Å². The van der Waals surface area contributed by atoms with Crippen LogP contribution >= 0.6 is 0 Å². The van der Waals surface area contributed by atoms with Gasteiger partial charge in [-0.1, -0.05) is 29.8 Å². The van der Waals surface area contributed by atoms with Gasteiger partial charge in [0, 0.05) is 31.9 Å². The van der Waals surface area contributed by atoms with Crippen molar-refractivity contribution in [2.24, 2.45) is 0 Å². The Morgan fingerprint density at radius 2 is 1.44 bits per heavy atom. The third kappa shape index (κ3) is 4.48. The van der Waals surface area contributed by atoms with Gasteiger partial charge in [0.25, 0.3) is 0 Å². The molecule has 1 atom stereocenters. The number of nitriles is 1. The SMILES string of the molecule is Cc1ccc(S(=O)(=O)[C@H](C#N)c2nc3ccccc3nc2N2CCN(c3ccc(F)cc3)CC2)cc1. The number of sulfone groups is 1. The van der Waals surface area contributed by atoms with Crippen LogP contribution in [0, 0.1) is 24.1 Å². The van der Waals surface area contributed by atoms with E-state index in [-0.39, 0.29) is 16.4 Å². The van der Waals surface area contributed by atoms with Crippen molar-refractivity contribution in [2.75, 3.05) is 36.0 Å². The highest BCUT2D eigenvalue weighted by Gasteiger charge is 2.35. The summed E-state index contributed by atoms with van der Waals surface area (Å²) >= 11 is 0. The number of nitrogens with zero attached hydrogens (tertiary/aromatic N) is 5. The van der Waals surface area contributed by atoms with Crippen molar-refractivity contribution in [1.29, 1.82) is 5.26 Å². The predicted octanol–water partition coefficient (Wildman–Crippen LogP) is 4.44. The second-order valence-corrected chi connectivity index (χ2v) is 10.8. The molecular weight excluding hydrogens is 477 g/mol. The van der Waals surface area contributed by atoms with Gasteiger partial charge in [-0.25, -0.2) is 22.8 Å². The number of anilines is 2. The Labute approximate surface area is 209 Å². The smallest absolute Gasteiger partial charge is 0.200 e. The molecule has 0 saturated carbocycles. The van der Waals surface area contributed by atoms with E-state index in [9.17, 15) is 18.1 Å². The minimum atomic E-state index is -4.04. The Morgan fingerprint density at radius 1 is 0.861 bits per heavy atom. The van der Waals surface area contributed by atoms with Gasteiger partial charge < -0.3 is 9.80 Å². The molecule has 0 amide bonds. The zero-order valence-corrected chi connectivity index (χ0v) is 20.5. The van der Waals surface area contributed by atoms with Crippen LogP contribution in [-0.2, 0) is 9.84 Å². The predicted molar refractivity (Wildman–Crippen MR) is 137 cm³/mol. The second kappa shape index (κ2) is 9.55. The average molecular weight is 502 g/mol. The first-order chi connectivity index (χ1) is 17.4. The van der Waals surface area contributed by atoms with E-state index in [2.05, 4.69) is 9.88 Å². The van der Waals surface area contributed by atoms with Crippen molar-refractivity contribution in [1.82, 2.24) is 9.97 Å². The molecule has 0 spiro atoms. The quantitative estimate of drug-likeness (QED) is 0.399. The van der Waals surface area contributed by atoms with E-state index in [0.29, 0.717) is 43.0 Å². The van der Waals surface area contributed by atoms with Crippen LogP contribution in [0.2, 0.25) is 0 Å². The monoisotopic (exact) mass is 501 g/mol. The Balaban J connectivity index is 1.53. The highest BCUT2D eigenvalue weighted by atomic mass is 32.2. The third-order valence-corrected chi connectivity index (χ3v) is 8.25. The van der Waals surface area contributed by atoms with Crippen molar-refractivity contribution in [3.05, 3.63) is 89.9 Å². The molecule has 2 heterocycles. The second-order valence-electron chi connectivity index (χ2n) is 8.74. The van der Waals surface area contributed by atoms with Crippen molar-refractivity contribution >= 4 is 32.4 Å².